The van der Waals surface area contributed by atoms with Crippen LogP contribution in [0.15, 0.2) is 42.5 Å². The van der Waals surface area contributed by atoms with Gasteiger partial charge < -0.3 is 25.8 Å². The highest BCUT2D eigenvalue weighted by molar-refractivity contribution is 5.53. The van der Waals surface area contributed by atoms with Crippen molar-refractivity contribution in [3.63, 3.8) is 0 Å². The molecule has 4 N–H and O–H groups in total. The summed E-state index contributed by atoms with van der Waals surface area (Å²) in [5.74, 6) is 1.94. The van der Waals surface area contributed by atoms with Crippen molar-refractivity contribution < 1.29 is 4.39 Å². The number of hydrogen-bond acceptors (Lipinski definition) is 4. The van der Waals surface area contributed by atoms with Gasteiger partial charge in [0.2, 0.25) is 0 Å². The van der Waals surface area contributed by atoms with Crippen molar-refractivity contribution in [2.45, 2.75) is 84.6 Å². The van der Waals surface area contributed by atoms with Gasteiger partial charge in [0.25, 0.3) is 0 Å². The summed E-state index contributed by atoms with van der Waals surface area (Å²) in [5, 5.41) is 9.00. The summed E-state index contributed by atoms with van der Waals surface area (Å²) < 4.78 is 12.9. The smallest absolute Gasteiger partial charge is 0.123 e. The van der Waals surface area contributed by atoms with E-state index >= 15 is 0 Å². The number of aromatic nitrogens is 1. The van der Waals surface area contributed by atoms with E-state index in [4.69, 9.17) is 0 Å². The molecule has 1 atom stereocenters. The maximum Gasteiger partial charge on any atom is 0.123 e. The lowest BCUT2D eigenvalue weighted by Crippen LogP contribution is -2.33. The van der Waals surface area contributed by atoms with Crippen LogP contribution in [0.5, 0.6) is 0 Å². The molecule has 0 radical (unpaired) electrons. The Kier molecular flexibility index (Phi) is 20.3. The maximum atomic E-state index is 12.9. The molecule has 1 aliphatic carbocycles. The fraction of sp³-hybridized carbons (Fsp3) is 0.636. The molecule has 6 heteroatoms. The quantitative estimate of drug-likeness (QED) is 0.316. The second kappa shape index (κ2) is 22.6. The van der Waals surface area contributed by atoms with Crippen LogP contribution >= 0.6 is 0 Å². The number of allylic oxidation sites excluding steroid dienone is 1. The zero-order valence-electron chi connectivity index (χ0n) is 25.8. The third-order valence-electron chi connectivity index (χ3n) is 6.80. The standard InChI is InChI=1S/C20H25FN2.C5H11N.C3H9N.C3H6.C2H7N/c1-2-16-12-14-23(15-13-16)20-11-10-19(22-20)5-3-4-17-6-8-18(21)9-7-17;1-5-3-2-4-6-5;1-3-4-2;1-2-3-1;1-3-2/h3,5-11,16,22H,2,4,12-15H2,1H3;5-6H,2-4H2,1H3;4H,3H2,1-2H3;1-3H2;3H,1-2H3/b5-3+;;;;. The monoisotopic (exact) mass is 543 g/mol. The summed E-state index contributed by atoms with van der Waals surface area (Å²) >= 11 is 0. The zero-order chi connectivity index (χ0) is 28.7. The Morgan fingerprint density at radius 2 is 1.54 bits per heavy atom. The molecule has 5 rings (SSSR count). The van der Waals surface area contributed by atoms with E-state index in [0.29, 0.717) is 0 Å². The highest BCUT2D eigenvalue weighted by atomic mass is 19.1. The predicted molar refractivity (Wildman–Crippen MR) is 170 cm³/mol. The Balaban J connectivity index is 0.000000384. The number of rotatable bonds is 6. The molecular weight excluding hydrogens is 485 g/mol. The number of hydrogen-bond donors (Lipinski definition) is 4. The minimum Gasteiger partial charge on any atom is -0.358 e. The van der Waals surface area contributed by atoms with Crippen molar-refractivity contribution in [3.8, 4) is 0 Å². The first-order valence-corrected chi connectivity index (χ1v) is 15.3. The first-order chi connectivity index (χ1) is 19.0. The van der Waals surface area contributed by atoms with E-state index in [0.717, 1.165) is 49.3 Å². The number of benzene rings is 1. The fourth-order valence-corrected chi connectivity index (χ4v) is 4.06. The molecule has 1 saturated carbocycles. The molecule has 1 aromatic carbocycles. The second-order valence-corrected chi connectivity index (χ2v) is 10.6. The van der Waals surface area contributed by atoms with Gasteiger partial charge in [-0.1, -0.05) is 57.7 Å². The highest BCUT2D eigenvalue weighted by Crippen LogP contribution is 2.24. The van der Waals surface area contributed by atoms with Gasteiger partial charge in [-0.3, -0.25) is 0 Å². The van der Waals surface area contributed by atoms with E-state index in [9.17, 15) is 4.39 Å². The topological polar surface area (TPSA) is 55.1 Å². The molecule has 2 aliphatic heterocycles. The normalized spacial score (nSPS) is 18.0. The predicted octanol–water partition coefficient (Wildman–Crippen LogP) is 7.03. The molecule has 2 aromatic rings. The van der Waals surface area contributed by atoms with Crippen molar-refractivity contribution in [2.75, 3.05) is 52.2 Å². The molecule has 1 unspecified atom stereocenters. The Morgan fingerprint density at radius 3 is 1.97 bits per heavy atom. The van der Waals surface area contributed by atoms with Gasteiger partial charge in [-0.25, -0.2) is 4.39 Å². The average Bonchev–Trinajstić information content (AvgIpc) is 3.64. The SMILES string of the molecule is C1CC1.CC1CCCN1.CCC1CCN(c2ccc(/C=C/Cc3ccc(F)cc3)[nH]2)CC1.CCNC.CNC. The minimum absolute atomic E-state index is 0.182. The fourth-order valence-electron chi connectivity index (χ4n) is 4.06. The van der Waals surface area contributed by atoms with Gasteiger partial charge in [-0.05, 0) is 115 Å². The van der Waals surface area contributed by atoms with Crippen LogP contribution in [0.2, 0.25) is 0 Å². The van der Waals surface area contributed by atoms with Crippen molar-refractivity contribution >= 4 is 11.9 Å². The molecule has 39 heavy (non-hydrogen) atoms. The molecule has 0 spiro atoms. The van der Waals surface area contributed by atoms with Crippen LogP contribution in [-0.4, -0.2) is 58.3 Å². The molecule has 3 aliphatic rings. The number of aromatic amines is 1. The summed E-state index contributed by atoms with van der Waals surface area (Å²) in [6, 6.07) is 11.8. The third kappa shape index (κ3) is 17.9. The molecule has 1 aromatic heterocycles. The lowest BCUT2D eigenvalue weighted by atomic mass is 9.94. The van der Waals surface area contributed by atoms with Crippen molar-refractivity contribution in [1.82, 2.24) is 20.9 Å². The second-order valence-electron chi connectivity index (χ2n) is 10.6. The van der Waals surface area contributed by atoms with E-state index in [2.05, 4.69) is 70.9 Å². The third-order valence-corrected chi connectivity index (χ3v) is 6.80. The number of anilines is 1. The summed E-state index contributed by atoms with van der Waals surface area (Å²) in [5.41, 5.74) is 2.25. The number of nitrogens with zero attached hydrogens (tertiary/aromatic N) is 1. The van der Waals surface area contributed by atoms with Crippen LogP contribution in [0.4, 0.5) is 10.2 Å². The van der Waals surface area contributed by atoms with Gasteiger partial charge in [-0.2, -0.15) is 0 Å². The summed E-state index contributed by atoms with van der Waals surface area (Å²) in [4.78, 5) is 5.94. The van der Waals surface area contributed by atoms with Gasteiger partial charge in [-0.15, -0.1) is 0 Å². The summed E-state index contributed by atoms with van der Waals surface area (Å²) in [6.07, 6.45) is 16.2. The lowest BCUT2D eigenvalue weighted by Gasteiger charge is -2.32. The van der Waals surface area contributed by atoms with Crippen molar-refractivity contribution in [3.05, 3.63) is 59.5 Å². The number of piperidine rings is 1. The van der Waals surface area contributed by atoms with E-state index in [1.165, 1.54) is 75.9 Å². The minimum atomic E-state index is -0.182. The van der Waals surface area contributed by atoms with Gasteiger partial charge in [0.1, 0.15) is 11.6 Å². The Bertz CT molecular complexity index is 827. The van der Waals surface area contributed by atoms with Crippen molar-refractivity contribution in [1.29, 1.82) is 0 Å². The largest absolute Gasteiger partial charge is 0.358 e. The first-order valence-electron chi connectivity index (χ1n) is 15.3. The van der Waals surface area contributed by atoms with Gasteiger partial charge >= 0.3 is 0 Å². The Labute approximate surface area is 239 Å². The Hall–Kier alpha value is -2.15. The Morgan fingerprint density at radius 1 is 0.923 bits per heavy atom. The molecule has 3 fully saturated rings. The van der Waals surface area contributed by atoms with Crippen LogP contribution < -0.4 is 20.9 Å². The van der Waals surface area contributed by atoms with Gasteiger partial charge in [0, 0.05) is 24.8 Å². The maximum absolute atomic E-state index is 12.9. The molecule has 2 saturated heterocycles. The van der Waals surface area contributed by atoms with E-state index in [1.807, 2.05) is 33.3 Å². The van der Waals surface area contributed by atoms with Crippen LogP contribution in [0, 0.1) is 11.7 Å². The van der Waals surface area contributed by atoms with Crippen LogP contribution in [0.25, 0.3) is 6.08 Å². The molecule has 3 heterocycles. The zero-order valence-corrected chi connectivity index (χ0v) is 25.8. The first kappa shape index (κ1) is 34.9. The van der Waals surface area contributed by atoms with E-state index in [-0.39, 0.29) is 5.82 Å². The van der Waals surface area contributed by atoms with Gasteiger partial charge in [0.15, 0.2) is 0 Å². The van der Waals surface area contributed by atoms with Crippen LogP contribution in [0.3, 0.4) is 0 Å². The number of nitrogens with one attached hydrogen (secondary N) is 4. The van der Waals surface area contributed by atoms with Crippen LogP contribution in [-0.2, 0) is 6.42 Å². The molecule has 222 valence electrons. The van der Waals surface area contributed by atoms with E-state index < -0.39 is 0 Å². The van der Waals surface area contributed by atoms with Crippen molar-refractivity contribution in [2.24, 2.45) is 5.92 Å². The molecule has 0 bridgehead atoms. The summed E-state index contributed by atoms with van der Waals surface area (Å²) in [7, 11) is 5.68. The van der Waals surface area contributed by atoms with Crippen LogP contribution in [0.1, 0.15) is 83.4 Å². The van der Waals surface area contributed by atoms with Gasteiger partial charge in [0.05, 0.1) is 0 Å². The molecule has 5 nitrogen and oxygen atoms in total. The number of H-pyrrole nitrogens is 1. The lowest BCUT2D eigenvalue weighted by molar-refractivity contribution is 0.394. The van der Waals surface area contributed by atoms with E-state index in [1.54, 1.807) is 0 Å². The highest BCUT2D eigenvalue weighted by Gasteiger charge is 2.18. The number of halogens is 1. The molecule has 0 amide bonds. The molecular formula is C33H58FN5. The summed E-state index contributed by atoms with van der Waals surface area (Å²) in [6.45, 7) is 11.2. The average molecular weight is 544 g/mol.